The second-order valence-corrected chi connectivity index (χ2v) is 4.52. The maximum atomic E-state index is 13.5. The van der Waals surface area contributed by atoms with Gasteiger partial charge in [0.1, 0.15) is 29.3 Å². The fraction of sp³-hybridized carbons (Fsp3) is 0.133. The minimum absolute atomic E-state index is 0.346. The van der Waals surface area contributed by atoms with Crippen LogP contribution >= 0.6 is 0 Å². The Morgan fingerprint density at radius 2 is 1.77 bits per heavy atom. The Hall–Kier alpha value is -2.54. The van der Waals surface area contributed by atoms with E-state index in [1.165, 1.54) is 0 Å². The molecule has 2 rings (SSSR count). The van der Waals surface area contributed by atoms with Crippen molar-refractivity contribution in [3.8, 4) is 5.75 Å². The molecule has 116 valence electrons. The summed E-state index contributed by atoms with van der Waals surface area (Å²) in [6, 6.07) is 5.86. The molecule has 7 heteroatoms. The smallest absolute Gasteiger partial charge is 0.255 e. The second kappa shape index (κ2) is 6.48. The highest BCUT2D eigenvalue weighted by Crippen LogP contribution is 2.21. The number of amides is 1. The van der Waals surface area contributed by atoms with Gasteiger partial charge >= 0.3 is 0 Å². The van der Waals surface area contributed by atoms with Crippen molar-refractivity contribution in [1.82, 2.24) is 5.32 Å². The van der Waals surface area contributed by atoms with E-state index in [-0.39, 0.29) is 5.56 Å². The average Bonchev–Trinajstić information content (AvgIpc) is 2.47. The number of hydrogen-bond donors (Lipinski definition) is 3. The maximum absolute atomic E-state index is 13.5. The summed E-state index contributed by atoms with van der Waals surface area (Å²) in [7, 11) is 0. The van der Waals surface area contributed by atoms with Gasteiger partial charge in [0, 0.05) is 6.54 Å². The lowest BCUT2D eigenvalue weighted by Crippen LogP contribution is -2.29. The standard InChI is InChI=1S/C15H12F3NO3/c16-8-4-5-12(20)9(6-8)15(22)19-7-13(21)14-10(17)2-1-3-11(14)18/h1-6,13,20-21H,7H2,(H,19,22). The van der Waals surface area contributed by atoms with Gasteiger partial charge in [0.05, 0.1) is 11.1 Å². The van der Waals surface area contributed by atoms with E-state index in [9.17, 15) is 28.2 Å². The predicted molar refractivity (Wildman–Crippen MR) is 71.7 cm³/mol. The first-order valence-electron chi connectivity index (χ1n) is 6.29. The first-order valence-corrected chi connectivity index (χ1v) is 6.29. The molecule has 2 aromatic carbocycles. The summed E-state index contributed by atoms with van der Waals surface area (Å²) >= 11 is 0. The summed E-state index contributed by atoms with van der Waals surface area (Å²) in [5.41, 5.74) is -0.924. The summed E-state index contributed by atoms with van der Waals surface area (Å²) in [6.07, 6.45) is -1.62. The van der Waals surface area contributed by atoms with Gasteiger partial charge in [0.25, 0.3) is 5.91 Å². The van der Waals surface area contributed by atoms with E-state index in [4.69, 9.17) is 0 Å². The molecule has 0 aromatic heterocycles. The largest absolute Gasteiger partial charge is 0.507 e. The van der Waals surface area contributed by atoms with E-state index in [0.29, 0.717) is 0 Å². The first-order chi connectivity index (χ1) is 10.4. The Balaban J connectivity index is 2.09. The van der Waals surface area contributed by atoms with Crippen molar-refractivity contribution in [3.63, 3.8) is 0 Å². The van der Waals surface area contributed by atoms with Crippen LogP contribution in [0.1, 0.15) is 22.0 Å². The zero-order chi connectivity index (χ0) is 16.3. The Kier molecular flexibility index (Phi) is 4.67. The van der Waals surface area contributed by atoms with Crippen molar-refractivity contribution in [3.05, 3.63) is 65.0 Å². The quantitative estimate of drug-likeness (QED) is 0.811. The molecule has 0 saturated carbocycles. The fourth-order valence-electron chi connectivity index (χ4n) is 1.91. The SMILES string of the molecule is O=C(NCC(O)c1c(F)cccc1F)c1cc(F)ccc1O. The van der Waals surface area contributed by atoms with Crippen molar-refractivity contribution in [2.24, 2.45) is 0 Å². The third-order valence-corrected chi connectivity index (χ3v) is 2.99. The Morgan fingerprint density at radius 1 is 1.14 bits per heavy atom. The van der Waals surface area contributed by atoms with Crippen LogP contribution in [-0.4, -0.2) is 22.7 Å². The number of phenolic OH excluding ortho intramolecular Hbond substituents is 1. The third-order valence-electron chi connectivity index (χ3n) is 2.99. The van der Waals surface area contributed by atoms with Gasteiger partial charge in [-0.15, -0.1) is 0 Å². The van der Waals surface area contributed by atoms with Crippen molar-refractivity contribution < 1.29 is 28.2 Å². The van der Waals surface area contributed by atoms with Gasteiger partial charge in [-0.1, -0.05) is 6.07 Å². The van der Waals surface area contributed by atoms with Crippen LogP contribution in [0.5, 0.6) is 5.75 Å². The monoisotopic (exact) mass is 311 g/mol. The first kappa shape index (κ1) is 15.8. The van der Waals surface area contributed by atoms with Gasteiger partial charge in [0.15, 0.2) is 0 Å². The van der Waals surface area contributed by atoms with Gasteiger partial charge in [-0.3, -0.25) is 4.79 Å². The summed E-state index contributed by atoms with van der Waals surface area (Å²) in [4.78, 5) is 11.8. The number of hydrogen-bond acceptors (Lipinski definition) is 3. The number of carbonyl (C=O) groups excluding carboxylic acids is 1. The van der Waals surface area contributed by atoms with Crippen LogP contribution in [0.25, 0.3) is 0 Å². The number of nitrogens with one attached hydrogen (secondary N) is 1. The lowest BCUT2D eigenvalue weighted by atomic mass is 10.1. The normalized spacial score (nSPS) is 12.0. The number of halogens is 3. The lowest BCUT2D eigenvalue weighted by Gasteiger charge is -2.14. The molecule has 0 saturated heterocycles. The topological polar surface area (TPSA) is 69.6 Å². The number of phenols is 1. The highest BCUT2D eigenvalue weighted by molar-refractivity contribution is 5.96. The van der Waals surface area contributed by atoms with Crippen LogP contribution in [0.4, 0.5) is 13.2 Å². The molecule has 0 radical (unpaired) electrons. The molecule has 0 heterocycles. The minimum Gasteiger partial charge on any atom is -0.507 e. The van der Waals surface area contributed by atoms with E-state index >= 15 is 0 Å². The summed E-state index contributed by atoms with van der Waals surface area (Å²) < 4.78 is 40.0. The minimum atomic E-state index is -1.62. The van der Waals surface area contributed by atoms with E-state index in [2.05, 4.69) is 5.32 Å². The number of rotatable bonds is 4. The molecule has 1 amide bonds. The maximum Gasteiger partial charge on any atom is 0.255 e. The van der Waals surface area contributed by atoms with E-state index in [1.54, 1.807) is 0 Å². The molecule has 1 atom stereocenters. The Morgan fingerprint density at radius 3 is 2.41 bits per heavy atom. The summed E-state index contributed by atoms with van der Waals surface area (Å²) in [5.74, 6) is -3.97. The number of aromatic hydroxyl groups is 1. The van der Waals surface area contributed by atoms with Crippen molar-refractivity contribution in [1.29, 1.82) is 0 Å². The lowest BCUT2D eigenvalue weighted by molar-refractivity contribution is 0.0908. The van der Waals surface area contributed by atoms with E-state index in [1.807, 2.05) is 0 Å². The third kappa shape index (κ3) is 3.37. The van der Waals surface area contributed by atoms with Crippen LogP contribution in [0, 0.1) is 17.5 Å². The van der Waals surface area contributed by atoms with Gasteiger partial charge < -0.3 is 15.5 Å². The van der Waals surface area contributed by atoms with Gasteiger partial charge in [-0.2, -0.15) is 0 Å². The van der Waals surface area contributed by atoms with Gasteiger partial charge in [-0.25, -0.2) is 13.2 Å². The molecular weight excluding hydrogens is 299 g/mol. The van der Waals surface area contributed by atoms with Crippen LogP contribution in [-0.2, 0) is 0 Å². The van der Waals surface area contributed by atoms with Crippen molar-refractivity contribution in [2.45, 2.75) is 6.10 Å². The predicted octanol–water partition coefficient (Wildman–Crippen LogP) is 2.27. The highest BCUT2D eigenvalue weighted by Gasteiger charge is 2.19. The molecule has 0 aliphatic heterocycles. The van der Waals surface area contributed by atoms with Gasteiger partial charge in [0.2, 0.25) is 0 Å². The second-order valence-electron chi connectivity index (χ2n) is 4.52. The number of carbonyl (C=O) groups is 1. The zero-order valence-corrected chi connectivity index (χ0v) is 11.2. The van der Waals surface area contributed by atoms with Crippen LogP contribution in [0.15, 0.2) is 36.4 Å². The van der Waals surface area contributed by atoms with Crippen molar-refractivity contribution in [2.75, 3.05) is 6.54 Å². The summed E-state index contributed by atoms with van der Waals surface area (Å²) in [6.45, 7) is -0.507. The number of benzene rings is 2. The molecule has 2 aromatic rings. The van der Waals surface area contributed by atoms with E-state index < -0.39 is 47.3 Å². The Labute approximate surface area is 123 Å². The zero-order valence-electron chi connectivity index (χ0n) is 11.2. The van der Waals surface area contributed by atoms with Gasteiger partial charge in [-0.05, 0) is 30.3 Å². The van der Waals surface area contributed by atoms with Crippen LogP contribution in [0.3, 0.4) is 0 Å². The molecule has 1 unspecified atom stereocenters. The van der Waals surface area contributed by atoms with E-state index in [0.717, 1.165) is 36.4 Å². The molecule has 0 spiro atoms. The number of aliphatic hydroxyl groups is 1. The average molecular weight is 311 g/mol. The molecule has 0 bridgehead atoms. The molecule has 0 fully saturated rings. The highest BCUT2D eigenvalue weighted by atomic mass is 19.1. The molecule has 4 nitrogen and oxygen atoms in total. The molecule has 0 aliphatic carbocycles. The molecule has 3 N–H and O–H groups in total. The molecule has 0 aliphatic rings. The Bertz CT molecular complexity index is 686. The van der Waals surface area contributed by atoms with Crippen molar-refractivity contribution >= 4 is 5.91 Å². The fourth-order valence-corrected chi connectivity index (χ4v) is 1.91. The number of aliphatic hydroxyl groups excluding tert-OH is 1. The van der Waals surface area contributed by atoms with Crippen LogP contribution in [0.2, 0.25) is 0 Å². The van der Waals surface area contributed by atoms with Crippen LogP contribution < -0.4 is 5.32 Å². The molecular formula is C15H12F3NO3. The summed E-state index contributed by atoms with van der Waals surface area (Å²) in [5, 5.41) is 21.4. The molecule has 22 heavy (non-hydrogen) atoms.